The Balaban J connectivity index is 1.46. The third-order valence-corrected chi connectivity index (χ3v) is 10.2. The van der Waals surface area contributed by atoms with Crippen molar-refractivity contribution in [2.45, 2.75) is 47.5 Å². The van der Waals surface area contributed by atoms with E-state index in [9.17, 15) is 41.1 Å². The molecular formula is C25H26ClF3N4O6S. The summed E-state index contributed by atoms with van der Waals surface area (Å²) in [5.41, 5.74) is 8.73. The van der Waals surface area contributed by atoms with Gasteiger partial charge in [0.25, 0.3) is 5.91 Å². The van der Waals surface area contributed by atoms with Gasteiger partial charge in [-0.3, -0.25) is 14.4 Å². The molecule has 0 radical (unpaired) electrons. The van der Waals surface area contributed by atoms with Crippen LogP contribution in [0.2, 0.25) is 5.02 Å². The molecule has 10 nitrogen and oxygen atoms in total. The Kier molecular flexibility index (Phi) is 8.18. The van der Waals surface area contributed by atoms with Crippen LogP contribution in [0.5, 0.6) is 0 Å². The quantitative estimate of drug-likeness (QED) is 0.270. The average Bonchev–Trinajstić information content (AvgIpc) is 2.89. The Bertz CT molecular complexity index is 1460. The summed E-state index contributed by atoms with van der Waals surface area (Å²) in [6, 6.07) is 3.42. The summed E-state index contributed by atoms with van der Waals surface area (Å²) in [5, 5.41) is 14.7. The van der Waals surface area contributed by atoms with Crippen LogP contribution in [0.3, 0.4) is 0 Å². The minimum Gasteiger partial charge on any atom is -0.387 e. The van der Waals surface area contributed by atoms with Crippen LogP contribution >= 0.6 is 11.6 Å². The van der Waals surface area contributed by atoms with Crippen LogP contribution in [0, 0.1) is 29.3 Å². The monoisotopic (exact) mass is 602 g/mol. The van der Waals surface area contributed by atoms with Crippen molar-refractivity contribution < 1.29 is 41.1 Å². The van der Waals surface area contributed by atoms with Gasteiger partial charge in [-0.2, -0.15) is 0 Å². The van der Waals surface area contributed by atoms with Crippen LogP contribution in [-0.2, 0) is 19.4 Å². The molecule has 0 aromatic heterocycles. The number of benzene rings is 2. The molecule has 3 aliphatic rings. The standard InChI is InChI=1S/C25H26ClF3N4O6S/c26-16-2-1-11(23(35)33-14-7-17(27)22(29)18(28)8-14)3-20(16)40(38,39)15-5-12-4-13(6-15)25(12,37)10-32-24(36)19(30)9-21(31)34/h1-3,7-8,12-13,15,19,37H,4-6,9-10,30H2,(H2,31,34)(H,32,36)(H,33,35)/t12-,13?,15?,19-,25?/m0/s1. The maximum atomic E-state index is 13.5. The van der Waals surface area contributed by atoms with Gasteiger partial charge in [-0.15, -0.1) is 0 Å². The van der Waals surface area contributed by atoms with E-state index in [1.807, 2.05) is 0 Å². The lowest BCUT2D eigenvalue weighted by atomic mass is 9.53. The van der Waals surface area contributed by atoms with Crippen LogP contribution in [0.15, 0.2) is 35.2 Å². The maximum Gasteiger partial charge on any atom is 0.255 e. The smallest absolute Gasteiger partial charge is 0.255 e. The van der Waals surface area contributed by atoms with Crippen LogP contribution in [0.1, 0.15) is 36.0 Å². The summed E-state index contributed by atoms with van der Waals surface area (Å²) >= 11 is 6.18. The van der Waals surface area contributed by atoms with E-state index in [-0.39, 0.29) is 47.0 Å². The first-order chi connectivity index (χ1) is 18.6. The summed E-state index contributed by atoms with van der Waals surface area (Å²) in [4.78, 5) is 35.4. The van der Waals surface area contributed by atoms with Gasteiger partial charge in [-0.1, -0.05) is 11.6 Å². The zero-order chi connectivity index (χ0) is 29.6. The average molecular weight is 603 g/mol. The second-order valence-corrected chi connectivity index (χ2v) is 12.7. The molecule has 2 aromatic carbocycles. The Labute approximate surface area is 232 Å². The predicted molar refractivity (Wildman–Crippen MR) is 137 cm³/mol. The molecule has 0 saturated heterocycles. The first-order valence-corrected chi connectivity index (χ1v) is 14.1. The lowest BCUT2D eigenvalue weighted by Gasteiger charge is -2.58. The number of primary amides is 1. The first-order valence-electron chi connectivity index (χ1n) is 12.2. The fourth-order valence-corrected chi connectivity index (χ4v) is 7.74. The Morgan fingerprint density at radius 3 is 2.25 bits per heavy atom. The Morgan fingerprint density at radius 2 is 1.68 bits per heavy atom. The fourth-order valence-electron chi connectivity index (χ4n) is 5.34. The van der Waals surface area contributed by atoms with Crippen molar-refractivity contribution in [2.75, 3.05) is 11.9 Å². The highest BCUT2D eigenvalue weighted by Gasteiger charge is 2.60. The number of hydrogen-bond acceptors (Lipinski definition) is 7. The highest BCUT2D eigenvalue weighted by molar-refractivity contribution is 7.92. The number of carbonyl (C=O) groups is 3. The second-order valence-electron chi connectivity index (χ2n) is 10.1. The van der Waals surface area contributed by atoms with Gasteiger partial charge >= 0.3 is 0 Å². The molecule has 3 unspecified atom stereocenters. The van der Waals surface area contributed by atoms with E-state index in [1.54, 1.807) is 0 Å². The molecule has 3 fully saturated rings. The number of sulfone groups is 1. The molecule has 5 atom stereocenters. The summed E-state index contributed by atoms with van der Waals surface area (Å²) in [5.74, 6) is -8.01. The van der Waals surface area contributed by atoms with Crippen molar-refractivity contribution in [3.05, 3.63) is 58.4 Å². The van der Waals surface area contributed by atoms with Crippen molar-refractivity contribution in [1.82, 2.24) is 5.32 Å². The molecule has 216 valence electrons. The van der Waals surface area contributed by atoms with Gasteiger partial charge in [0.1, 0.15) is 0 Å². The van der Waals surface area contributed by atoms with Gasteiger partial charge in [-0.25, -0.2) is 21.6 Å². The number of nitrogens with one attached hydrogen (secondary N) is 2. The van der Waals surface area contributed by atoms with Gasteiger partial charge in [-0.05, 0) is 49.3 Å². The molecule has 3 saturated carbocycles. The topological polar surface area (TPSA) is 182 Å². The summed E-state index contributed by atoms with van der Waals surface area (Å²) < 4.78 is 67.3. The van der Waals surface area contributed by atoms with Crippen LogP contribution < -0.4 is 22.1 Å². The number of amides is 3. The first kappa shape index (κ1) is 29.8. The predicted octanol–water partition coefficient (Wildman–Crippen LogP) is 1.63. The van der Waals surface area contributed by atoms with Gasteiger partial charge < -0.3 is 27.2 Å². The molecule has 0 spiro atoms. The third-order valence-electron chi connectivity index (χ3n) is 7.56. The highest BCUT2D eigenvalue weighted by atomic mass is 35.5. The molecule has 0 aliphatic heterocycles. The molecule has 7 N–H and O–H groups in total. The van der Waals surface area contributed by atoms with Crippen molar-refractivity contribution >= 4 is 44.8 Å². The highest BCUT2D eigenvalue weighted by Crippen LogP contribution is 2.55. The molecule has 40 heavy (non-hydrogen) atoms. The van der Waals surface area contributed by atoms with E-state index in [1.165, 1.54) is 12.1 Å². The zero-order valence-corrected chi connectivity index (χ0v) is 22.4. The minimum absolute atomic E-state index is 0.0550. The van der Waals surface area contributed by atoms with Crippen LogP contribution in [0.25, 0.3) is 0 Å². The van der Waals surface area contributed by atoms with E-state index in [2.05, 4.69) is 10.6 Å². The molecule has 3 aliphatic carbocycles. The molecule has 15 heteroatoms. The van der Waals surface area contributed by atoms with Crippen molar-refractivity contribution in [3.8, 4) is 0 Å². The van der Waals surface area contributed by atoms with E-state index >= 15 is 0 Å². The Hall–Kier alpha value is -3.20. The van der Waals surface area contributed by atoms with E-state index in [4.69, 9.17) is 23.1 Å². The second kappa shape index (κ2) is 11.0. The number of nitrogens with two attached hydrogens (primary N) is 2. The SMILES string of the molecule is NC(=O)C[C@H](N)C(=O)NCC1(O)C2CC(S(=O)(=O)c3cc(C(=O)Nc4cc(F)c(F)c(F)c4)ccc3Cl)C[C@@H]1C2. The largest absolute Gasteiger partial charge is 0.387 e. The number of anilines is 1. The number of halogens is 4. The third kappa shape index (κ3) is 5.66. The molecule has 2 bridgehead atoms. The van der Waals surface area contributed by atoms with Gasteiger partial charge in [0.15, 0.2) is 27.3 Å². The normalized spacial score (nSPS) is 24.5. The van der Waals surface area contributed by atoms with Crippen molar-refractivity contribution in [2.24, 2.45) is 23.3 Å². The number of hydrogen-bond donors (Lipinski definition) is 5. The molecule has 2 aromatic rings. The minimum atomic E-state index is -4.10. The number of carbonyl (C=O) groups excluding carboxylic acids is 3. The van der Waals surface area contributed by atoms with E-state index in [0.29, 0.717) is 18.6 Å². The molecule has 5 rings (SSSR count). The summed E-state index contributed by atoms with van der Waals surface area (Å²) in [6.07, 6.45) is 0.276. The fraction of sp³-hybridized carbons (Fsp3) is 0.400. The lowest BCUT2D eigenvalue weighted by molar-refractivity contribution is -0.174. The molecular weight excluding hydrogens is 577 g/mol. The lowest BCUT2D eigenvalue weighted by Crippen LogP contribution is -2.66. The Morgan fingerprint density at radius 1 is 1.07 bits per heavy atom. The van der Waals surface area contributed by atoms with Gasteiger partial charge in [0, 0.05) is 29.9 Å². The van der Waals surface area contributed by atoms with Gasteiger partial charge in [0.05, 0.1) is 33.2 Å². The van der Waals surface area contributed by atoms with Crippen LogP contribution in [0.4, 0.5) is 18.9 Å². The van der Waals surface area contributed by atoms with E-state index in [0.717, 1.165) is 6.07 Å². The zero-order valence-electron chi connectivity index (χ0n) is 20.8. The molecule has 3 amide bonds. The van der Waals surface area contributed by atoms with Crippen LogP contribution in [-0.4, -0.2) is 54.7 Å². The van der Waals surface area contributed by atoms with E-state index < -0.39 is 73.7 Å². The number of fused-ring (bicyclic) bond motifs is 2. The molecule has 0 heterocycles. The maximum absolute atomic E-state index is 13.5. The summed E-state index contributed by atoms with van der Waals surface area (Å²) in [6.45, 7) is -0.179. The van der Waals surface area contributed by atoms with Crippen molar-refractivity contribution in [3.63, 3.8) is 0 Å². The number of rotatable bonds is 9. The number of aliphatic hydroxyl groups is 1. The van der Waals surface area contributed by atoms with Gasteiger partial charge in [0.2, 0.25) is 11.8 Å². The van der Waals surface area contributed by atoms with Crippen molar-refractivity contribution in [1.29, 1.82) is 0 Å². The summed E-state index contributed by atoms with van der Waals surface area (Å²) in [7, 11) is -4.10.